The van der Waals surface area contributed by atoms with Gasteiger partial charge in [0.1, 0.15) is 6.04 Å². The van der Waals surface area contributed by atoms with Crippen LogP contribution in [0.25, 0.3) is 0 Å². The molecular weight excluding hydrogens is 536 g/mol. The number of nitrogens with one attached hydrogen (secondary N) is 1. The molecule has 0 spiro atoms. The van der Waals surface area contributed by atoms with E-state index >= 15 is 0 Å². The number of amides is 2. The molecule has 0 saturated carbocycles. The van der Waals surface area contributed by atoms with Crippen LogP contribution in [-0.4, -0.2) is 42.0 Å². The second-order valence-corrected chi connectivity index (χ2v) is 10.9. The molecule has 4 rings (SSSR count). The van der Waals surface area contributed by atoms with Crippen LogP contribution in [0.2, 0.25) is 0 Å². The van der Waals surface area contributed by atoms with Crippen LogP contribution in [0, 0.1) is 25.2 Å². The number of para-hydroxylation sites is 1. The Morgan fingerprint density at radius 1 is 1.07 bits per heavy atom. The number of aryl methyl sites for hydroxylation is 2. The quantitative estimate of drug-likeness (QED) is 0.387. The number of carbonyl (C=O) groups excluding carboxylic acids is 2. The average Bonchev–Trinajstić information content (AvgIpc) is 3.42. The van der Waals surface area contributed by atoms with Gasteiger partial charge in [0.2, 0.25) is 11.8 Å². The number of benzene rings is 2. The van der Waals surface area contributed by atoms with Gasteiger partial charge in [-0.3, -0.25) is 14.5 Å². The molecule has 2 aliphatic heterocycles. The smallest absolute Gasteiger partial charge is 0.326 e. The fourth-order valence-electron chi connectivity index (χ4n) is 6.13. The third-order valence-electron chi connectivity index (χ3n) is 8.40. The Bertz CT molecular complexity index is 1270. The van der Waals surface area contributed by atoms with Gasteiger partial charge in [-0.1, -0.05) is 32.0 Å². The molecule has 1 unspecified atom stereocenters. The van der Waals surface area contributed by atoms with Crippen molar-refractivity contribution >= 4 is 23.2 Å². The standard InChI is InChI=1S/C29H33F6N3O2/c1-5-27(16-38(25(39)19(27)4)24-17(2)8-6-9-18(24)3)26(40)36-22-13-20(12-21(14-22)28(30,31)32)15-37-11-7-10-23(37)29(33,34)35/h6,8-9,12-14,19,23H,5,7,10-11,15-16H2,1-4H3,(H,36,40)/t19-,23?,27-/m1/s1. The Morgan fingerprint density at radius 3 is 2.30 bits per heavy atom. The van der Waals surface area contributed by atoms with Crippen molar-refractivity contribution in [3.8, 4) is 0 Å². The van der Waals surface area contributed by atoms with Crippen molar-refractivity contribution in [3.63, 3.8) is 0 Å². The molecule has 0 aliphatic carbocycles. The van der Waals surface area contributed by atoms with E-state index in [-0.39, 0.29) is 56.1 Å². The second-order valence-electron chi connectivity index (χ2n) is 10.9. The molecule has 1 N–H and O–H groups in total. The predicted molar refractivity (Wildman–Crippen MR) is 140 cm³/mol. The van der Waals surface area contributed by atoms with Crippen molar-refractivity contribution in [2.45, 2.75) is 71.9 Å². The summed E-state index contributed by atoms with van der Waals surface area (Å²) in [7, 11) is 0. The van der Waals surface area contributed by atoms with Crippen molar-refractivity contribution in [2.24, 2.45) is 11.3 Å². The highest BCUT2D eigenvalue weighted by molar-refractivity contribution is 6.07. The highest BCUT2D eigenvalue weighted by Crippen LogP contribution is 2.45. The Hall–Kier alpha value is -3.08. The van der Waals surface area contributed by atoms with Gasteiger partial charge in [-0.05, 0) is 74.5 Å². The first-order valence-corrected chi connectivity index (χ1v) is 13.3. The van der Waals surface area contributed by atoms with E-state index in [9.17, 15) is 35.9 Å². The van der Waals surface area contributed by atoms with Crippen LogP contribution in [-0.2, 0) is 22.3 Å². The Kier molecular flexibility index (Phi) is 8.01. The summed E-state index contributed by atoms with van der Waals surface area (Å²) in [5.41, 5.74) is -0.0368. The number of halogens is 6. The van der Waals surface area contributed by atoms with Crippen LogP contribution >= 0.6 is 0 Å². The van der Waals surface area contributed by atoms with Crippen LogP contribution in [0.5, 0.6) is 0 Å². The molecule has 2 saturated heterocycles. The lowest BCUT2D eigenvalue weighted by Crippen LogP contribution is -2.42. The van der Waals surface area contributed by atoms with Crippen LogP contribution in [0.15, 0.2) is 36.4 Å². The van der Waals surface area contributed by atoms with Gasteiger partial charge in [-0.15, -0.1) is 0 Å². The Balaban J connectivity index is 1.65. The SMILES string of the molecule is CC[C@@]1(C(=O)Nc2cc(CN3CCCC3C(F)(F)F)cc(C(F)(F)F)c2)CN(c2c(C)cccc2C)C(=O)[C@H]1C. The third kappa shape index (κ3) is 5.57. The number of nitrogens with zero attached hydrogens (tertiary/aromatic N) is 2. The van der Waals surface area contributed by atoms with Crippen molar-refractivity contribution in [2.75, 3.05) is 23.3 Å². The summed E-state index contributed by atoms with van der Waals surface area (Å²) in [6, 6.07) is 6.74. The van der Waals surface area contributed by atoms with Crippen LogP contribution < -0.4 is 10.2 Å². The van der Waals surface area contributed by atoms with Crippen LogP contribution in [0.1, 0.15) is 55.4 Å². The van der Waals surface area contributed by atoms with Gasteiger partial charge in [0, 0.05) is 24.5 Å². The van der Waals surface area contributed by atoms with Gasteiger partial charge >= 0.3 is 12.4 Å². The summed E-state index contributed by atoms with van der Waals surface area (Å²) >= 11 is 0. The minimum absolute atomic E-state index is 0.0135. The maximum atomic E-state index is 13.8. The number of anilines is 2. The largest absolute Gasteiger partial charge is 0.416 e. The molecule has 2 fully saturated rings. The second kappa shape index (κ2) is 10.7. The number of hydrogen-bond donors (Lipinski definition) is 1. The van der Waals surface area contributed by atoms with E-state index in [2.05, 4.69) is 5.32 Å². The molecule has 11 heteroatoms. The lowest BCUT2D eigenvalue weighted by Gasteiger charge is -2.30. The van der Waals surface area contributed by atoms with Crippen molar-refractivity contribution < 1.29 is 35.9 Å². The summed E-state index contributed by atoms with van der Waals surface area (Å²) in [4.78, 5) is 29.8. The van der Waals surface area contributed by atoms with Crippen LogP contribution in [0.3, 0.4) is 0 Å². The monoisotopic (exact) mass is 569 g/mol. The highest BCUT2D eigenvalue weighted by Gasteiger charge is 2.54. The van der Waals surface area contributed by atoms with E-state index in [0.29, 0.717) is 5.69 Å². The van der Waals surface area contributed by atoms with E-state index in [4.69, 9.17) is 0 Å². The lowest BCUT2D eigenvalue weighted by atomic mass is 9.75. The minimum Gasteiger partial charge on any atom is -0.326 e. The van der Waals surface area contributed by atoms with Gasteiger partial charge in [0.05, 0.1) is 16.9 Å². The molecule has 218 valence electrons. The number of alkyl halides is 6. The van der Waals surface area contributed by atoms with Gasteiger partial charge in [0.15, 0.2) is 0 Å². The summed E-state index contributed by atoms with van der Waals surface area (Å²) in [6.45, 7) is 6.93. The zero-order valence-corrected chi connectivity index (χ0v) is 22.8. The first-order chi connectivity index (χ1) is 18.6. The summed E-state index contributed by atoms with van der Waals surface area (Å²) in [6.07, 6.45) is -8.85. The molecule has 2 heterocycles. The molecule has 2 amide bonds. The molecule has 0 bridgehead atoms. The molecule has 40 heavy (non-hydrogen) atoms. The zero-order valence-electron chi connectivity index (χ0n) is 22.8. The molecule has 2 aliphatic rings. The zero-order chi connectivity index (χ0) is 29.6. The van der Waals surface area contributed by atoms with E-state index < -0.39 is 41.2 Å². The van der Waals surface area contributed by atoms with E-state index in [0.717, 1.165) is 28.2 Å². The van der Waals surface area contributed by atoms with E-state index in [1.807, 2.05) is 32.0 Å². The Labute approximate surface area is 229 Å². The van der Waals surface area contributed by atoms with Crippen LogP contribution in [0.4, 0.5) is 37.7 Å². The predicted octanol–water partition coefficient (Wildman–Crippen LogP) is 6.87. The molecule has 2 aromatic carbocycles. The number of hydrogen-bond acceptors (Lipinski definition) is 3. The maximum absolute atomic E-state index is 13.8. The Morgan fingerprint density at radius 2 is 1.73 bits per heavy atom. The molecule has 3 atom stereocenters. The van der Waals surface area contributed by atoms with Gasteiger partial charge in [0.25, 0.3) is 0 Å². The molecule has 0 aromatic heterocycles. The fourth-order valence-corrected chi connectivity index (χ4v) is 6.13. The fraction of sp³-hybridized carbons (Fsp3) is 0.517. The lowest BCUT2D eigenvalue weighted by molar-refractivity contribution is -0.177. The minimum atomic E-state index is -4.78. The van der Waals surface area contributed by atoms with Gasteiger partial charge in [-0.25, -0.2) is 0 Å². The molecule has 2 aromatic rings. The first-order valence-electron chi connectivity index (χ1n) is 13.3. The number of carbonyl (C=O) groups is 2. The van der Waals surface area contributed by atoms with Gasteiger partial charge < -0.3 is 10.2 Å². The first kappa shape index (κ1) is 29.9. The summed E-state index contributed by atoms with van der Waals surface area (Å²) < 4.78 is 81.7. The van der Waals surface area contributed by atoms with Crippen molar-refractivity contribution in [1.29, 1.82) is 0 Å². The molecule has 5 nitrogen and oxygen atoms in total. The number of rotatable bonds is 6. The topological polar surface area (TPSA) is 52.7 Å². The summed E-state index contributed by atoms with van der Waals surface area (Å²) in [5.74, 6) is -1.62. The maximum Gasteiger partial charge on any atom is 0.416 e. The van der Waals surface area contributed by atoms with Crippen molar-refractivity contribution in [1.82, 2.24) is 4.90 Å². The normalized spacial score (nSPS) is 24.1. The molecular formula is C29H33F6N3O2. The van der Waals surface area contributed by atoms with Gasteiger partial charge in [-0.2, -0.15) is 26.3 Å². The van der Waals surface area contributed by atoms with Crippen molar-refractivity contribution in [3.05, 3.63) is 58.7 Å². The van der Waals surface area contributed by atoms with E-state index in [1.54, 1.807) is 18.7 Å². The highest BCUT2D eigenvalue weighted by atomic mass is 19.4. The number of likely N-dealkylation sites (tertiary alicyclic amines) is 1. The van der Waals surface area contributed by atoms with E-state index in [1.165, 1.54) is 6.07 Å². The third-order valence-corrected chi connectivity index (χ3v) is 8.40. The summed E-state index contributed by atoms with van der Waals surface area (Å²) in [5, 5.41) is 2.59. The average molecular weight is 570 g/mol. The molecule has 0 radical (unpaired) electrons.